The molecule has 0 bridgehead atoms. The van der Waals surface area contributed by atoms with Crippen molar-refractivity contribution >= 4 is 17.5 Å². The largest absolute Gasteiger partial charge is 0.355 e. The van der Waals surface area contributed by atoms with Crippen molar-refractivity contribution in [3.05, 3.63) is 34.9 Å². The third kappa shape index (κ3) is 1.68. The molecule has 3 heteroatoms. The van der Waals surface area contributed by atoms with Gasteiger partial charge in [0.25, 0.3) is 0 Å². The van der Waals surface area contributed by atoms with E-state index in [-0.39, 0.29) is 11.8 Å². The van der Waals surface area contributed by atoms with Crippen LogP contribution in [0.15, 0.2) is 24.3 Å². The summed E-state index contributed by atoms with van der Waals surface area (Å²) in [5, 5.41) is 3.55. The Kier molecular flexibility index (Phi) is 2.23. The molecule has 1 saturated heterocycles. The highest BCUT2D eigenvalue weighted by Crippen LogP contribution is 2.28. The summed E-state index contributed by atoms with van der Waals surface area (Å²) in [6.45, 7) is 0.711. The quantitative estimate of drug-likeness (QED) is 0.729. The lowest BCUT2D eigenvalue weighted by molar-refractivity contribution is -0.119. The standard InChI is InChI=1S/C10H10ClNO/c11-9-4-2-1-3-8(9)7-5-10(13)12-6-7/h1-4,7H,5-6H2,(H,12,13)/t7-/m0/s1. The molecule has 2 rings (SSSR count). The van der Waals surface area contributed by atoms with Crippen molar-refractivity contribution in [1.82, 2.24) is 5.32 Å². The average molecular weight is 196 g/mol. The van der Waals surface area contributed by atoms with Crippen molar-refractivity contribution in [2.75, 3.05) is 6.54 Å². The molecular formula is C10H10ClNO. The summed E-state index contributed by atoms with van der Waals surface area (Å²) in [5.74, 6) is 0.367. The van der Waals surface area contributed by atoms with Crippen LogP contribution in [0.1, 0.15) is 17.9 Å². The second kappa shape index (κ2) is 3.38. The minimum absolute atomic E-state index is 0.116. The molecule has 0 saturated carbocycles. The Morgan fingerprint density at radius 3 is 2.77 bits per heavy atom. The van der Waals surface area contributed by atoms with Crippen molar-refractivity contribution < 1.29 is 4.79 Å². The van der Waals surface area contributed by atoms with Crippen molar-refractivity contribution in [3.63, 3.8) is 0 Å². The molecule has 2 nitrogen and oxygen atoms in total. The van der Waals surface area contributed by atoms with Crippen LogP contribution >= 0.6 is 11.6 Å². The molecule has 1 N–H and O–H groups in total. The number of rotatable bonds is 1. The van der Waals surface area contributed by atoms with Gasteiger partial charge in [0.1, 0.15) is 0 Å². The molecule has 1 aliphatic rings. The molecule has 0 radical (unpaired) electrons. The maximum atomic E-state index is 11.0. The molecule has 1 fully saturated rings. The highest BCUT2D eigenvalue weighted by atomic mass is 35.5. The summed E-state index contributed by atoms with van der Waals surface area (Å²) in [6.07, 6.45) is 0.559. The van der Waals surface area contributed by atoms with Gasteiger partial charge >= 0.3 is 0 Å². The van der Waals surface area contributed by atoms with Gasteiger partial charge in [0.15, 0.2) is 0 Å². The predicted molar refractivity (Wildman–Crippen MR) is 51.8 cm³/mol. The second-order valence-electron chi connectivity index (χ2n) is 3.23. The minimum atomic E-state index is 0.116. The summed E-state index contributed by atoms with van der Waals surface area (Å²) >= 11 is 6.01. The molecule has 0 aromatic heterocycles. The molecule has 1 atom stereocenters. The van der Waals surface area contributed by atoms with Gasteiger partial charge in [-0.2, -0.15) is 0 Å². The number of nitrogens with one attached hydrogen (secondary N) is 1. The van der Waals surface area contributed by atoms with Crippen LogP contribution in [0.5, 0.6) is 0 Å². The van der Waals surface area contributed by atoms with Gasteiger partial charge in [-0.3, -0.25) is 4.79 Å². The molecule has 1 amide bonds. The van der Waals surface area contributed by atoms with Crippen LogP contribution in [-0.2, 0) is 4.79 Å². The molecule has 1 aromatic carbocycles. The Bertz CT molecular complexity index is 337. The number of halogens is 1. The van der Waals surface area contributed by atoms with E-state index in [0.29, 0.717) is 13.0 Å². The number of carbonyl (C=O) groups is 1. The molecule has 0 unspecified atom stereocenters. The van der Waals surface area contributed by atoms with Gasteiger partial charge in [0.05, 0.1) is 0 Å². The molecule has 0 spiro atoms. The lowest BCUT2D eigenvalue weighted by Crippen LogP contribution is -2.13. The molecule has 13 heavy (non-hydrogen) atoms. The Balaban J connectivity index is 2.26. The predicted octanol–water partition coefficient (Wildman–Crippen LogP) is 1.94. The van der Waals surface area contributed by atoms with Crippen LogP contribution in [0.3, 0.4) is 0 Å². The van der Waals surface area contributed by atoms with Crippen molar-refractivity contribution in [1.29, 1.82) is 0 Å². The molecule has 1 aliphatic heterocycles. The Hall–Kier alpha value is -1.02. The molecule has 68 valence electrons. The SMILES string of the molecule is O=C1C[C@H](c2ccccc2Cl)CN1. The number of hydrogen-bond donors (Lipinski definition) is 1. The van der Waals surface area contributed by atoms with Crippen LogP contribution < -0.4 is 5.32 Å². The number of hydrogen-bond acceptors (Lipinski definition) is 1. The van der Waals surface area contributed by atoms with E-state index in [1.165, 1.54) is 0 Å². The summed E-state index contributed by atoms with van der Waals surface area (Å²) in [4.78, 5) is 11.0. The van der Waals surface area contributed by atoms with Gasteiger partial charge in [0, 0.05) is 23.9 Å². The Labute approximate surface area is 81.9 Å². The monoisotopic (exact) mass is 195 g/mol. The lowest BCUT2D eigenvalue weighted by atomic mass is 9.98. The van der Waals surface area contributed by atoms with Crippen molar-refractivity contribution in [2.45, 2.75) is 12.3 Å². The normalized spacial score (nSPS) is 21.6. The third-order valence-corrected chi connectivity index (χ3v) is 2.67. The van der Waals surface area contributed by atoms with E-state index in [1.807, 2.05) is 24.3 Å². The third-order valence-electron chi connectivity index (χ3n) is 2.32. The van der Waals surface area contributed by atoms with Gasteiger partial charge < -0.3 is 5.32 Å². The molecule has 1 heterocycles. The first-order chi connectivity index (χ1) is 6.27. The minimum Gasteiger partial charge on any atom is -0.355 e. The Morgan fingerprint density at radius 1 is 1.38 bits per heavy atom. The maximum Gasteiger partial charge on any atom is 0.220 e. The highest BCUT2D eigenvalue weighted by molar-refractivity contribution is 6.31. The van der Waals surface area contributed by atoms with Gasteiger partial charge in [-0.1, -0.05) is 29.8 Å². The first-order valence-electron chi connectivity index (χ1n) is 4.28. The fourth-order valence-corrected chi connectivity index (χ4v) is 1.92. The van der Waals surface area contributed by atoms with E-state index in [4.69, 9.17) is 11.6 Å². The maximum absolute atomic E-state index is 11.0. The first-order valence-corrected chi connectivity index (χ1v) is 4.66. The van der Waals surface area contributed by atoms with E-state index in [2.05, 4.69) is 5.32 Å². The Morgan fingerprint density at radius 2 is 2.15 bits per heavy atom. The second-order valence-corrected chi connectivity index (χ2v) is 3.63. The highest BCUT2D eigenvalue weighted by Gasteiger charge is 2.24. The first kappa shape index (κ1) is 8.57. The topological polar surface area (TPSA) is 29.1 Å². The molecule has 0 aliphatic carbocycles. The molecular weight excluding hydrogens is 186 g/mol. The summed E-state index contributed by atoms with van der Waals surface area (Å²) < 4.78 is 0. The fourth-order valence-electron chi connectivity index (χ4n) is 1.63. The zero-order chi connectivity index (χ0) is 9.26. The van der Waals surface area contributed by atoms with E-state index in [1.54, 1.807) is 0 Å². The van der Waals surface area contributed by atoms with Gasteiger partial charge in [-0.05, 0) is 11.6 Å². The smallest absolute Gasteiger partial charge is 0.220 e. The zero-order valence-electron chi connectivity index (χ0n) is 7.09. The fraction of sp³-hybridized carbons (Fsp3) is 0.300. The van der Waals surface area contributed by atoms with E-state index < -0.39 is 0 Å². The van der Waals surface area contributed by atoms with E-state index in [0.717, 1.165) is 10.6 Å². The van der Waals surface area contributed by atoms with Crippen LogP contribution in [0.2, 0.25) is 5.02 Å². The van der Waals surface area contributed by atoms with Gasteiger partial charge in [0.2, 0.25) is 5.91 Å². The van der Waals surface area contributed by atoms with Crippen LogP contribution in [0.4, 0.5) is 0 Å². The molecule has 1 aromatic rings. The van der Waals surface area contributed by atoms with Crippen LogP contribution in [0.25, 0.3) is 0 Å². The van der Waals surface area contributed by atoms with Crippen molar-refractivity contribution in [2.24, 2.45) is 0 Å². The van der Waals surface area contributed by atoms with Crippen LogP contribution in [0, 0.1) is 0 Å². The summed E-state index contributed by atoms with van der Waals surface area (Å²) in [5.41, 5.74) is 1.07. The number of benzene rings is 1. The summed E-state index contributed by atoms with van der Waals surface area (Å²) in [6, 6.07) is 7.69. The van der Waals surface area contributed by atoms with E-state index in [9.17, 15) is 4.79 Å². The number of amides is 1. The number of carbonyl (C=O) groups excluding carboxylic acids is 1. The zero-order valence-corrected chi connectivity index (χ0v) is 7.84. The summed E-state index contributed by atoms with van der Waals surface area (Å²) in [7, 11) is 0. The van der Waals surface area contributed by atoms with E-state index >= 15 is 0 Å². The average Bonchev–Trinajstić information content (AvgIpc) is 2.53. The van der Waals surface area contributed by atoms with Crippen molar-refractivity contribution in [3.8, 4) is 0 Å². The van der Waals surface area contributed by atoms with Gasteiger partial charge in [-0.15, -0.1) is 0 Å². The van der Waals surface area contributed by atoms with Crippen LogP contribution in [-0.4, -0.2) is 12.5 Å². The lowest BCUT2D eigenvalue weighted by Gasteiger charge is -2.08. The van der Waals surface area contributed by atoms with Gasteiger partial charge in [-0.25, -0.2) is 0 Å².